The average molecular weight is 291 g/mol. The molecule has 2 aliphatic rings. The SMILES string of the molecule is CC1CC1c1cc2cnn(C3CCCCO3)c2cc1Cl. The van der Waals surface area contributed by atoms with Crippen LogP contribution in [0.5, 0.6) is 0 Å². The summed E-state index contributed by atoms with van der Waals surface area (Å²) in [5.74, 6) is 1.41. The number of hydrogen-bond acceptors (Lipinski definition) is 2. The van der Waals surface area contributed by atoms with E-state index < -0.39 is 0 Å². The van der Waals surface area contributed by atoms with Gasteiger partial charge in [0.2, 0.25) is 0 Å². The van der Waals surface area contributed by atoms with Gasteiger partial charge in [-0.1, -0.05) is 18.5 Å². The number of rotatable bonds is 2. The van der Waals surface area contributed by atoms with Crippen LogP contribution >= 0.6 is 11.6 Å². The second-order valence-corrected chi connectivity index (χ2v) is 6.57. The van der Waals surface area contributed by atoms with Crippen LogP contribution in [0.4, 0.5) is 0 Å². The van der Waals surface area contributed by atoms with Gasteiger partial charge in [0.05, 0.1) is 11.7 Å². The molecule has 1 aromatic heterocycles. The normalized spacial score (nSPS) is 29.8. The highest BCUT2D eigenvalue weighted by Crippen LogP contribution is 2.49. The van der Waals surface area contributed by atoms with Crippen molar-refractivity contribution in [3.8, 4) is 0 Å². The Balaban J connectivity index is 1.75. The van der Waals surface area contributed by atoms with Gasteiger partial charge >= 0.3 is 0 Å². The first-order chi connectivity index (χ1) is 9.74. The van der Waals surface area contributed by atoms with Gasteiger partial charge in [0, 0.05) is 17.0 Å². The van der Waals surface area contributed by atoms with E-state index in [0.29, 0.717) is 5.92 Å². The standard InChI is InChI=1S/C16H19ClN2O/c1-10-6-12(10)13-7-11-9-18-19(15(11)8-14(13)17)16-4-2-3-5-20-16/h7-10,12,16H,2-6H2,1H3. The van der Waals surface area contributed by atoms with Crippen molar-refractivity contribution in [1.29, 1.82) is 0 Å². The summed E-state index contributed by atoms with van der Waals surface area (Å²) >= 11 is 6.49. The fourth-order valence-corrected chi connectivity index (χ4v) is 3.57. The smallest absolute Gasteiger partial charge is 0.150 e. The predicted molar refractivity (Wildman–Crippen MR) is 80.1 cm³/mol. The lowest BCUT2D eigenvalue weighted by Gasteiger charge is -2.23. The lowest BCUT2D eigenvalue weighted by molar-refractivity contribution is -0.0366. The zero-order valence-corrected chi connectivity index (χ0v) is 12.4. The molecule has 2 heterocycles. The molecule has 1 saturated heterocycles. The summed E-state index contributed by atoms with van der Waals surface area (Å²) in [6, 6.07) is 4.29. The topological polar surface area (TPSA) is 27.1 Å². The Hall–Kier alpha value is -1.06. The minimum absolute atomic E-state index is 0.0722. The quantitative estimate of drug-likeness (QED) is 0.813. The van der Waals surface area contributed by atoms with E-state index in [1.807, 2.05) is 10.9 Å². The van der Waals surface area contributed by atoms with Crippen molar-refractivity contribution in [1.82, 2.24) is 9.78 Å². The van der Waals surface area contributed by atoms with Crippen LogP contribution in [0.3, 0.4) is 0 Å². The van der Waals surface area contributed by atoms with Crippen molar-refractivity contribution in [2.75, 3.05) is 6.61 Å². The lowest BCUT2D eigenvalue weighted by atomic mass is 10.1. The molecule has 106 valence electrons. The number of benzene rings is 1. The van der Waals surface area contributed by atoms with Crippen LogP contribution in [-0.4, -0.2) is 16.4 Å². The second kappa shape index (κ2) is 4.74. The highest BCUT2D eigenvalue weighted by atomic mass is 35.5. The van der Waals surface area contributed by atoms with Gasteiger partial charge in [-0.15, -0.1) is 0 Å². The van der Waals surface area contributed by atoms with Crippen LogP contribution in [0.1, 0.15) is 50.3 Å². The first kappa shape index (κ1) is 12.7. The molecule has 1 aliphatic carbocycles. The molecule has 1 aromatic carbocycles. The highest BCUT2D eigenvalue weighted by Gasteiger charge is 2.35. The Labute approximate surface area is 123 Å². The van der Waals surface area contributed by atoms with Crippen LogP contribution in [0.15, 0.2) is 18.3 Å². The molecule has 4 heteroatoms. The molecular weight excluding hydrogens is 272 g/mol. The Morgan fingerprint density at radius 2 is 2.20 bits per heavy atom. The number of halogens is 1. The van der Waals surface area contributed by atoms with Gasteiger partial charge in [-0.3, -0.25) is 0 Å². The number of ether oxygens (including phenoxy) is 1. The number of hydrogen-bond donors (Lipinski definition) is 0. The lowest BCUT2D eigenvalue weighted by Crippen LogP contribution is -2.18. The van der Waals surface area contributed by atoms with Gasteiger partial charge in [-0.2, -0.15) is 5.10 Å². The van der Waals surface area contributed by atoms with Gasteiger partial charge in [0.25, 0.3) is 0 Å². The third-order valence-corrected chi connectivity index (χ3v) is 4.98. The van der Waals surface area contributed by atoms with E-state index >= 15 is 0 Å². The molecule has 2 aromatic rings. The van der Waals surface area contributed by atoms with Crippen molar-refractivity contribution < 1.29 is 4.74 Å². The van der Waals surface area contributed by atoms with Gasteiger partial charge in [-0.05, 0) is 55.2 Å². The minimum atomic E-state index is 0.0722. The van der Waals surface area contributed by atoms with Crippen molar-refractivity contribution in [2.24, 2.45) is 5.92 Å². The molecule has 0 radical (unpaired) electrons. The third kappa shape index (κ3) is 2.04. The molecule has 0 amide bonds. The van der Waals surface area contributed by atoms with Gasteiger partial charge in [0.1, 0.15) is 0 Å². The molecule has 0 spiro atoms. The molecule has 0 bridgehead atoms. The molecule has 1 aliphatic heterocycles. The summed E-state index contributed by atoms with van der Waals surface area (Å²) in [4.78, 5) is 0. The largest absolute Gasteiger partial charge is 0.356 e. The van der Waals surface area contributed by atoms with Crippen molar-refractivity contribution >= 4 is 22.5 Å². The van der Waals surface area contributed by atoms with Crippen LogP contribution in [0.25, 0.3) is 10.9 Å². The van der Waals surface area contributed by atoms with Crippen LogP contribution in [0, 0.1) is 5.92 Å². The van der Waals surface area contributed by atoms with E-state index in [2.05, 4.69) is 24.2 Å². The van der Waals surface area contributed by atoms with E-state index in [1.54, 1.807) is 0 Å². The maximum atomic E-state index is 6.49. The summed E-state index contributed by atoms with van der Waals surface area (Å²) in [5.41, 5.74) is 2.38. The van der Waals surface area contributed by atoms with Crippen LogP contribution in [0.2, 0.25) is 5.02 Å². The Morgan fingerprint density at radius 1 is 1.35 bits per heavy atom. The van der Waals surface area contributed by atoms with E-state index in [1.165, 1.54) is 23.8 Å². The van der Waals surface area contributed by atoms with E-state index in [-0.39, 0.29) is 6.23 Å². The molecule has 4 rings (SSSR count). The first-order valence-corrected chi connectivity index (χ1v) is 7.90. The molecule has 20 heavy (non-hydrogen) atoms. The maximum Gasteiger partial charge on any atom is 0.150 e. The molecule has 3 atom stereocenters. The number of nitrogens with zero attached hydrogens (tertiary/aromatic N) is 2. The average Bonchev–Trinajstić information content (AvgIpc) is 3.05. The molecule has 2 fully saturated rings. The number of fused-ring (bicyclic) bond motifs is 1. The zero-order valence-electron chi connectivity index (χ0n) is 11.7. The highest BCUT2D eigenvalue weighted by molar-refractivity contribution is 6.32. The van der Waals surface area contributed by atoms with Gasteiger partial charge in [0.15, 0.2) is 6.23 Å². The fraction of sp³-hybridized carbons (Fsp3) is 0.562. The zero-order chi connectivity index (χ0) is 13.7. The van der Waals surface area contributed by atoms with E-state index in [0.717, 1.165) is 35.9 Å². The van der Waals surface area contributed by atoms with Crippen LogP contribution < -0.4 is 0 Å². The van der Waals surface area contributed by atoms with Gasteiger partial charge in [-0.25, -0.2) is 4.68 Å². The van der Waals surface area contributed by atoms with Crippen molar-refractivity contribution in [3.05, 3.63) is 28.9 Å². The molecular formula is C16H19ClN2O. The second-order valence-electron chi connectivity index (χ2n) is 6.16. The minimum Gasteiger partial charge on any atom is -0.356 e. The third-order valence-electron chi connectivity index (χ3n) is 4.65. The Bertz CT molecular complexity index is 645. The van der Waals surface area contributed by atoms with E-state index in [4.69, 9.17) is 16.3 Å². The summed E-state index contributed by atoms with van der Waals surface area (Å²) in [5, 5.41) is 6.59. The summed E-state index contributed by atoms with van der Waals surface area (Å²) in [6.45, 7) is 3.11. The van der Waals surface area contributed by atoms with Crippen molar-refractivity contribution in [2.45, 2.75) is 44.8 Å². The summed E-state index contributed by atoms with van der Waals surface area (Å²) in [6.07, 6.45) is 6.67. The Kier molecular flexibility index (Phi) is 3.00. The van der Waals surface area contributed by atoms with Gasteiger partial charge < -0.3 is 4.74 Å². The summed E-state index contributed by atoms with van der Waals surface area (Å²) in [7, 11) is 0. The van der Waals surface area contributed by atoms with E-state index in [9.17, 15) is 0 Å². The molecule has 1 saturated carbocycles. The molecule has 3 nitrogen and oxygen atoms in total. The maximum absolute atomic E-state index is 6.49. The first-order valence-electron chi connectivity index (χ1n) is 7.52. The fourth-order valence-electron chi connectivity index (χ4n) is 3.27. The Morgan fingerprint density at radius 3 is 2.90 bits per heavy atom. The molecule has 0 N–H and O–H groups in total. The number of aromatic nitrogens is 2. The van der Waals surface area contributed by atoms with Crippen molar-refractivity contribution in [3.63, 3.8) is 0 Å². The van der Waals surface area contributed by atoms with Crippen LogP contribution in [-0.2, 0) is 4.74 Å². The predicted octanol–water partition coefficient (Wildman–Crippen LogP) is 4.51. The molecule has 3 unspecified atom stereocenters. The summed E-state index contributed by atoms with van der Waals surface area (Å²) < 4.78 is 7.84. The monoisotopic (exact) mass is 290 g/mol.